The smallest absolute Gasteiger partial charge is 0.187 e. The molecule has 24 N–H and O–H groups in total. The molecule has 0 radical (unpaired) electrons. The molecule has 0 amide bonds. The second kappa shape index (κ2) is 30.3. The first-order valence-electron chi connectivity index (χ1n) is 26.3. The summed E-state index contributed by atoms with van der Waals surface area (Å²) in [5, 5.41) is 255. The fourth-order valence-corrected chi connectivity index (χ4v) is 10.1. The van der Waals surface area contributed by atoms with Crippen LogP contribution in [0.1, 0.15) is 0 Å². The Morgan fingerprint density at radius 2 is 0.675 bits per heavy atom. The Morgan fingerprint density at radius 1 is 0.325 bits per heavy atom. The van der Waals surface area contributed by atoms with Gasteiger partial charge in [-0.3, -0.25) is 0 Å². The molecular formula is C45H78O38. The van der Waals surface area contributed by atoms with Crippen LogP contribution in [0.25, 0.3) is 0 Å². The highest BCUT2D eigenvalue weighted by molar-refractivity contribution is 5.00. The van der Waals surface area contributed by atoms with Crippen LogP contribution in [0.2, 0.25) is 0 Å². The largest absolute Gasteiger partial charge is 0.394 e. The summed E-state index contributed by atoms with van der Waals surface area (Å²) in [6.45, 7) is -8.24. The molecule has 0 aromatic heterocycles. The minimum Gasteiger partial charge on any atom is -0.394 e. The van der Waals surface area contributed by atoms with E-state index in [0.29, 0.717) is 0 Å². The monoisotopic (exact) mass is 1230 g/mol. The fourth-order valence-electron chi connectivity index (χ4n) is 10.1. The number of hydrogen-bond donors (Lipinski definition) is 24. The average Bonchev–Trinajstić information content (AvgIpc) is 3.90. The molecule has 0 aromatic carbocycles. The van der Waals surface area contributed by atoms with Gasteiger partial charge < -0.3 is 189 Å². The predicted octanol–water partition coefficient (Wildman–Crippen LogP) is -16.9. The van der Waals surface area contributed by atoms with Gasteiger partial charge in [0.05, 0.1) is 59.5 Å². The Labute approximate surface area is 468 Å². The summed E-state index contributed by atoms with van der Waals surface area (Å²) < 4.78 is 79.5. The van der Waals surface area contributed by atoms with E-state index in [1.54, 1.807) is 0 Å². The van der Waals surface area contributed by atoms with E-state index in [2.05, 4.69) is 0 Å². The van der Waals surface area contributed by atoms with Crippen LogP contribution in [0.15, 0.2) is 0 Å². The number of rotatable bonds is 24. The lowest BCUT2D eigenvalue weighted by Gasteiger charge is -2.49. The average molecular weight is 1230 g/mol. The Hall–Kier alpha value is -1.52. The second-order valence-electron chi connectivity index (χ2n) is 20.8. The molecule has 38 nitrogen and oxygen atoms in total. The van der Waals surface area contributed by atoms with E-state index < -0.39 is 281 Å². The van der Waals surface area contributed by atoms with Crippen molar-refractivity contribution >= 4 is 0 Å². The summed E-state index contributed by atoms with van der Waals surface area (Å²) in [4.78, 5) is 0. The summed E-state index contributed by atoms with van der Waals surface area (Å²) >= 11 is 0. The molecule has 0 aromatic rings. The zero-order chi connectivity index (χ0) is 61.0. The van der Waals surface area contributed by atoms with Gasteiger partial charge in [0.15, 0.2) is 44.0 Å². The third kappa shape index (κ3) is 15.2. The van der Waals surface area contributed by atoms with Crippen LogP contribution in [0, 0.1) is 0 Å². The van der Waals surface area contributed by atoms with E-state index in [4.69, 9.17) is 66.3 Å². The normalized spacial score (nSPS) is 49.7. The molecule has 486 valence electrons. The summed E-state index contributed by atoms with van der Waals surface area (Å²) in [6, 6.07) is 0. The summed E-state index contributed by atoms with van der Waals surface area (Å²) in [7, 11) is 0. The van der Waals surface area contributed by atoms with Gasteiger partial charge in [-0.15, -0.1) is 0 Å². The van der Waals surface area contributed by atoms with Crippen LogP contribution in [-0.4, -0.2) is 403 Å². The van der Waals surface area contributed by atoms with Crippen molar-refractivity contribution in [3.05, 3.63) is 0 Å². The Balaban J connectivity index is 1.16. The van der Waals surface area contributed by atoms with Gasteiger partial charge in [-0.1, -0.05) is 0 Å². The van der Waals surface area contributed by atoms with E-state index in [0.717, 1.165) is 0 Å². The van der Waals surface area contributed by atoms with Crippen molar-refractivity contribution in [2.24, 2.45) is 0 Å². The minimum absolute atomic E-state index is 0.576. The number of hydrogen-bond acceptors (Lipinski definition) is 38. The van der Waals surface area contributed by atoms with Crippen molar-refractivity contribution < 1.29 is 189 Å². The summed E-state index contributed by atoms with van der Waals surface area (Å²) in [5.41, 5.74) is 0. The third-order valence-corrected chi connectivity index (χ3v) is 15.1. The third-order valence-electron chi connectivity index (χ3n) is 15.1. The summed E-state index contributed by atoms with van der Waals surface area (Å²) in [6.07, 6.45) is -71.4. The quantitative estimate of drug-likeness (QED) is 0.0427. The molecule has 36 atom stereocenters. The molecule has 0 aliphatic carbocycles. The van der Waals surface area contributed by atoms with Gasteiger partial charge in [0.25, 0.3) is 0 Å². The lowest BCUT2D eigenvalue weighted by Crippen LogP contribution is -2.68. The van der Waals surface area contributed by atoms with Crippen LogP contribution >= 0.6 is 0 Å². The molecule has 83 heavy (non-hydrogen) atoms. The topological polar surface area (TPSA) is 615 Å². The van der Waals surface area contributed by atoms with Crippen LogP contribution in [0.4, 0.5) is 0 Å². The maximum atomic E-state index is 12.0. The van der Waals surface area contributed by atoms with E-state index in [9.17, 15) is 123 Å². The minimum atomic E-state index is -2.39. The zero-order valence-corrected chi connectivity index (χ0v) is 43.6. The molecule has 7 aliphatic heterocycles. The van der Waals surface area contributed by atoms with E-state index in [1.807, 2.05) is 0 Å². The van der Waals surface area contributed by atoms with Crippen LogP contribution in [0.3, 0.4) is 0 Å². The Morgan fingerprint density at radius 3 is 1.14 bits per heavy atom. The van der Waals surface area contributed by atoms with Crippen molar-refractivity contribution in [2.45, 2.75) is 221 Å². The number of ether oxygens (including phenoxy) is 14. The molecule has 7 heterocycles. The Bertz CT molecular complexity index is 1920. The van der Waals surface area contributed by atoms with Crippen molar-refractivity contribution in [1.29, 1.82) is 0 Å². The van der Waals surface area contributed by atoms with Crippen molar-refractivity contribution in [2.75, 3.05) is 59.5 Å². The predicted molar refractivity (Wildman–Crippen MR) is 249 cm³/mol. The van der Waals surface area contributed by atoms with E-state index >= 15 is 0 Å². The maximum Gasteiger partial charge on any atom is 0.187 e. The molecular weight excluding hydrogens is 1150 g/mol. The molecule has 7 aliphatic rings. The van der Waals surface area contributed by atoms with E-state index in [1.165, 1.54) is 0 Å². The first-order chi connectivity index (χ1) is 39.3. The van der Waals surface area contributed by atoms with Gasteiger partial charge in [-0.25, -0.2) is 0 Å². The van der Waals surface area contributed by atoms with E-state index in [-0.39, 0.29) is 0 Å². The van der Waals surface area contributed by atoms with Crippen LogP contribution < -0.4 is 0 Å². The van der Waals surface area contributed by atoms with Crippen molar-refractivity contribution in [3.63, 3.8) is 0 Å². The molecule has 38 heteroatoms. The van der Waals surface area contributed by atoms with Gasteiger partial charge in [0.2, 0.25) is 0 Å². The van der Waals surface area contributed by atoms with Gasteiger partial charge in [0.1, 0.15) is 177 Å². The van der Waals surface area contributed by atoms with Crippen LogP contribution in [-0.2, 0) is 66.3 Å². The molecule has 7 fully saturated rings. The lowest BCUT2D eigenvalue weighted by atomic mass is 9.95. The fraction of sp³-hybridized carbons (Fsp3) is 1.00. The highest BCUT2D eigenvalue weighted by Gasteiger charge is 2.57. The van der Waals surface area contributed by atoms with Gasteiger partial charge >= 0.3 is 0 Å². The Kier molecular flexibility index (Phi) is 25.2. The van der Waals surface area contributed by atoms with Gasteiger partial charge in [-0.05, 0) is 0 Å². The van der Waals surface area contributed by atoms with Gasteiger partial charge in [0, 0.05) is 0 Å². The van der Waals surface area contributed by atoms with Gasteiger partial charge in [-0.2, -0.15) is 0 Å². The summed E-state index contributed by atoms with van der Waals surface area (Å²) in [5.74, 6) is 0. The molecule has 0 bridgehead atoms. The molecule has 0 saturated carbocycles. The highest BCUT2D eigenvalue weighted by atomic mass is 16.8. The molecule has 0 unspecified atom stereocenters. The SMILES string of the molecule is OC[C@@H](O)[C@@H](O[C@@H]1O[C@H](CO)[C@@H](O[C@@H]2O[C@H](CO[C@H]3OC[C@@H](O)[C@H](O)[C@H]3O[C@@H]3O[C@@H](CO)[C@H](O)[C@H]3O)[C@@H](O[C@@H]3O[C@H](CO[C@H]4OC[C@@H](O)[C@H](O)[C@H]4O)[C@@H](O[C@@H]4O[C@H](CO)[C@@H](O)[C@H](O)[C@H]4O)[C@H](O)[C@H]3O)[C@H](O)[C@H]2O)[C@H](O)[C@H]1O)[C@H](O)[C@@H](O)CO. The number of aliphatic hydroxyl groups excluding tert-OH is 24. The second-order valence-corrected chi connectivity index (χ2v) is 20.8. The number of aliphatic hydroxyl groups is 24. The highest BCUT2D eigenvalue weighted by Crippen LogP contribution is 2.37. The van der Waals surface area contributed by atoms with Crippen LogP contribution in [0.5, 0.6) is 0 Å². The van der Waals surface area contributed by atoms with Crippen molar-refractivity contribution in [1.82, 2.24) is 0 Å². The van der Waals surface area contributed by atoms with Crippen molar-refractivity contribution in [3.8, 4) is 0 Å². The molecule has 7 rings (SSSR count). The molecule has 7 saturated heterocycles. The first kappa shape index (κ1) is 69.0. The maximum absolute atomic E-state index is 12.0. The first-order valence-corrected chi connectivity index (χ1v) is 26.3. The lowest BCUT2D eigenvalue weighted by molar-refractivity contribution is -0.395. The standard InChI is InChI=1S/C45H78O38/c46-1-10(51)20(56)34(11(52)2-47)79-42-31(67)25(61)35(16(5-50)76-42)80-43-32(68)26(62)37(18(78-43)9-73-45-38(21(57)13(54)7-71-45)83-40-29(65)23(59)15(4-49)75-40)82-44-33(69)27(63)36(81-41-30(66)24(60)22(58)14(3-48)74-41)17(77-44)8-72-39-28(64)19(55)12(53)6-70-39/h10-69H,1-9H2/t10-,11+,12+,13+,14+,15-,16+,17+,18+,19-,20+,21-,22+,23-,24-,25+,26+,27+,28+,29+,30+,31+,32+,33+,34+,35+,36+,37+,38+,39+,40-,41-,42-,43-,44-,45+/m0/s1. The zero-order valence-electron chi connectivity index (χ0n) is 43.6. The molecule has 0 spiro atoms.